The van der Waals surface area contributed by atoms with Crippen molar-refractivity contribution in [3.05, 3.63) is 0 Å². The summed E-state index contributed by atoms with van der Waals surface area (Å²) in [6, 6.07) is 0.231. The average Bonchev–Trinajstić information content (AvgIpc) is 2.57. The summed E-state index contributed by atoms with van der Waals surface area (Å²) in [4.78, 5) is 30.4. The summed E-state index contributed by atoms with van der Waals surface area (Å²) in [6.45, 7) is 11.1. The minimum absolute atomic E-state index is 0.0946. The molecule has 7 nitrogen and oxygen atoms in total. The molecule has 2 amide bonds. The maximum Gasteiger partial charge on any atom is 0.236 e. The molecule has 23 heavy (non-hydrogen) atoms. The number of nitrogens with one attached hydrogen (secondary N) is 1. The Hall–Kier alpha value is -1.18. The Bertz CT molecular complexity index is 391. The number of hydrogen-bond donors (Lipinski definition) is 1. The zero-order valence-electron chi connectivity index (χ0n) is 14.4. The smallest absolute Gasteiger partial charge is 0.236 e. The molecule has 1 N–H and O–H groups in total. The van der Waals surface area contributed by atoms with E-state index < -0.39 is 0 Å². The number of carbonyl (C=O) groups excluding carboxylic acids is 2. The van der Waals surface area contributed by atoms with Gasteiger partial charge in [0.05, 0.1) is 26.3 Å². The number of carbonyl (C=O) groups is 2. The van der Waals surface area contributed by atoms with Gasteiger partial charge in [0.15, 0.2) is 0 Å². The molecule has 2 aliphatic heterocycles. The van der Waals surface area contributed by atoms with Gasteiger partial charge in [-0.05, 0) is 13.3 Å². The Balaban J connectivity index is 1.65. The summed E-state index contributed by atoms with van der Waals surface area (Å²) in [5, 5.41) is 3.00. The highest BCUT2D eigenvalue weighted by Gasteiger charge is 2.23. The summed E-state index contributed by atoms with van der Waals surface area (Å²) in [7, 11) is 0. The summed E-state index contributed by atoms with van der Waals surface area (Å²) < 4.78 is 5.27. The lowest BCUT2D eigenvalue weighted by Gasteiger charge is -2.35. The maximum atomic E-state index is 12.2. The fourth-order valence-corrected chi connectivity index (χ4v) is 2.84. The van der Waals surface area contributed by atoms with Crippen molar-refractivity contribution in [3.63, 3.8) is 0 Å². The van der Waals surface area contributed by atoms with E-state index >= 15 is 0 Å². The van der Waals surface area contributed by atoms with Gasteiger partial charge >= 0.3 is 0 Å². The Kier molecular flexibility index (Phi) is 7.26. The van der Waals surface area contributed by atoms with Gasteiger partial charge in [0.25, 0.3) is 0 Å². The molecule has 0 bridgehead atoms. The highest BCUT2D eigenvalue weighted by molar-refractivity contribution is 5.79. The molecule has 1 unspecified atom stereocenters. The zero-order valence-corrected chi connectivity index (χ0v) is 14.4. The first-order valence-electron chi connectivity index (χ1n) is 8.68. The van der Waals surface area contributed by atoms with Gasteiger partial charge < -0.3 is 15.0 Å². The molecule has 1 atom stereocenters. The molecule has 7 heteroatoms. The Morgan fingerprint density at radius 3 is 2.13 bits per heavy atom. The Morgan fingerprint density at radius 2 is 1.57 bits per heavy atom. The van der Waals surface area contributed by atoms with Crippen molar-refractivity contribution < 1.29 is 14.3 Å². The molecule has 0 saturated carbocycles. The van der Waals surface area contributed by atoms with E-state index in [-0.39, 0.29) is 17.9 Å². The number of morpholine rings is 1. The molecule has 0 aromatic carbocycles. The lowest BCUT2D eigenvalue weighted by Crippen LogP contribution is -2.53. The van der Waals surface area contributed by atoms with E-state index in [0.717, 1.165) is 32.6 Å². The van der Waals surface area contributed by atoms with Crippen molar-refractivity contribution in [2.24, 2.45) is 0 Å². The number of piperazine rings is 1. The SMILES string of the molecule is CCC(C)NC(=O)CN1CCN(CC(=O)N2CCOCC2)CC1. The van der Waals surface area contributed by atoms with Crippen LogP contribution in [0.2, 0.25) is 0 Å². The minimum Gasteiger partial charge on any atom is -0.378 e. The van der Waals surface area contributed by atoms with Crippen LogP contribution in [0.15, 0.2) is 0 Å². The standard InChI is InChI=1S/C16H30N4O3/c1-3-14(2)17-15(21)12-18-4-6-19(7-5-18)13-16(22)20-8-10-23-11-9-20/h14H,3-13H2,1-2H3,(H,17,21). The van der Waals surface area contributed by atoms with Gasteiger partial charge in [0.2, 0.25) is 11.8 Å². The molecule has 2 rings (SSSR count). The lowest BCUT2D eigenvalue weighted by atomic mass is 10.2. The first kappa shape index (κ1) is 18.2. The highest BCUT2D eigenvalue weighted by atomic mass is 16.5. The average molecular weight is 326 g/mol. The number of hydrogen-bond acceptors (Lipinski definition) is 5. The van der Waals surface area contributed by atoms with Crippen LogP contribution in [0.25, 0.3) is 0 Å². The number of amides is 2. The molecule has 2 heterocycles. The van der Waals surface area contributed by atoms with Crippen LogP contribution in [0.1, 0.15) is 20.3 Å². The fraction of sp³-hybridized carbons (Fsp3) is 0.875. The maximum absolute atomic E-state index is 12.2. The van der Waals surface area contributed by atoms with Gasteiger partial charge in [-0.1, -0.05) is 6.92 Å². The van der Waals surface area contributed by atoms with Gasteiger partial charge in [-0.15, -0.1) is 0 Å². The van der Waals surface area contributed by atoms with Crippen LogP contribution in [-0.2, 0) is 14.3 Å². The zero-order chi connectivity index (χ0) is 16.7. The highest BCUT2D eigenvalue weighted by Crippen LogP contribution is 2.04. The van der Waals surface area contributed by atoms with Crippen LogP contribution in [0.3, 0.4) is 0 Å². The van der Waals surface area contributed by atoms with Crippen LogP contribution in [0, 0.1) is 0 Å². The summed E-state index contributed by atoms with van der Waals surface area (Å²) in [5.74, 6) is 0.286. The second-order valence-corrected chi connectivity index (χ2v) is 6.42. The van der Waals surface area contributed by atoms with Crippen LogP contribution < -0.4 is 5.32 Å². The number of ether oxygens (including phenoxy) is 1. The summed E-state index contributed by atoms with van der Waals surface area (Å²) >= 11 is 0. The second-order valence-electron chi connectivity index (χ2n) is 6.42. The van der Waals surface area contributed by atoms with E-state index in [9.17, 15) is 9.59 Å². The molecule has 2 aliphatic rings. The van der Waals surface area contributed by atoms with Crippen molar-refractivity contribution in [1.29, 1.82) is 0 Å². The molecule has 0 radical (unpaired) electrons. The van der Waals surface area contributed by atoms with Crippen molar-refractivity contribution in [1.82, 2.24) is 20.0 Å². The van der Waals surface area contributed by atoms with Gasteiger partial charge in [-0.3, -0.25) is 19.4 Å². The normalized spacial score (nSPS) is 21.9. The molecule has 132 valence electrons. The van der Waals surface area contributed by atoms with E-state index in [1.165, 1.54) is 0 Å². The molecule has 0 spiro atoms. The molecule has 0 aromatic heterocycles. The monoisotopic (exact) mass is 326 g/mol. The first-order chi connectivity index (χ1) is 11.1. The predicted octanol–water partition coefficient (Wildman–Crippen LogP) is -0.622. The lowest BCUT2D eigenvalue weighted by molar-refractivity contribution is -0.137. The number of nitrogens with zero attached hydrogens (tertiary/aromatic N) is 3. The largest absolute Gasteiger partial charge is 0.378 e. The molecule has 2 fully saturated rings. The van der Waals surface area contributed by atoms with Crippen molar-refractivity contribution in [2.45, 2.75) is 26.3 Å². The predicted molar refractivity (Wildman–Crippen MR) is 88.2 cm³/mol. The second kappa shape index (κ2) is 9.20. The molecular formula is C16H30N4O3. The summed E-state index contributed by atoms with van der Waals surface area (Å²) in [6.07, 6.45) is 0.948. The molecular weight excluding hydrogens is 296 g/mol. The molecule has 0 aromatic rings. The fourth-order valence-electron chi connectivity index (χ4n) is 2.84. The van der Waals surface area contributed by atoms with E-state index in [2.05, 4.69) is 22.0 Å². The van der Waals surface area contributed by atoms with Gasteiger partial charge in [0, 0.05) is 45.3 Å². The van der Waals surface area contributed by atoms with Crippen LogP contribution in [0.5, 0.6) is 0 Å². The number of rotatable bonds is 6. The Labute approximate surface area is 138 Å². The van der Waals surface area contributed by atoms with E-state index in [0.29, 0.717) is 39.4 Å². The quantitative estimate of drug-likeness (QED) is 0.705. The van der Waals surface area contributed by atoms with Crippen molar-refractivity contribution >= 4 is 11.8 Å². The molecule has 2 saturated heterocycles. The van der Waals surface area contributed by atoms with E-state index in [4.69, 9.17) is 4.74 Å². The van der Waals surface area contributed by atoms with Crippen molar-refractivity contribution in [3.8, 4) is 0 Å². The third-order valence-corrected chi connectivity index (χ3v) is 4.57. The third kappa shape index (κ3) is 6.08. The van der Waals surface area contributed by atoms with Gasteiger partial charge in [-0.2, -0.15) is 0 Å². The van der Waals surface area contributed by atoms with E-state index in [1.54, 1.807) is 0 Å². The van der Waals surface area contributed by atoms with Gasteiger partial charge in [-0.25, -0.2) is 0 Å². The minimum atomic E-state index is 0.0946. The van der Waals surface area contributed by atoms with E-state index in [1.807, 2.05) is 11.8 Å². The van der Waals surface area contributed by atoms with Crippen LogP contribution in [0.4, 0.5) is 0 Å². The Morgan fingerprint density at radius 1 is 1.00 bits per heavy atom. The molecule has 0 aliphatic carbocycles. The third-order valence-electron chi connectivity index (χ3n) is 4.57. The summed E-state index contributed by atoms with van der Waals surface area (Å²) in [5.41, 5.74) is 0. The van der Waals surface area contributed by atoms with Crippen LogP contribution >= 0.6 is 0 Å². The topological polar surface area (TPSA) is 65.1 Å². The van der Waals surface area contributed by atoms with Gasteiger partial charge in [0.1, 0.15) is 0 Å². The first-order valence-corrected chi connectivity index (χ1v) is 8.68. The van der Waals surface area contributed by atoms with Crippen molar-refractivity contribution in [2.75, 3.05) is 65.6 Å². The van der Waals surface area contributed by atoms with Crippen LogP contribution in [-0.4, -0.2) is 98.1 Å².